The van der Waals surface area contributed by atoms with Gasteiger partial charge in [0.2, 0.25) is 5.91 Å². The Balaban J connectivity index is 1.93. The Morgan fingerprint density at radius 2 is 1.74 bits per heavy atom. The third-order valence-electron chi connectivity index (χ3n) is 3.42. The zero-order valence-electron chi connectivity index (χ0n) is 11.9. The number of fused-ring (bicyclic) bond motifs is 1. The molecule has 23 heavy (non-hydrogen) atoms. The Hall–Kier alpha value is -3.46. The molecule has 0 saturated heterocycles. The second-order valence-corrected chi connectivity index (χ2v) is 4.92. The third-order valence-corrected chi connectivity index (χ3v) is 3.42. The van der Waals surface area contributed by atoms with Gasteiger partial charge in [-0.25, -0.2) is 4.90 Å². The van der Waals surface area contributed by atoms with Gasteiger partial charge in [0.1, 0.15) is 6.42 Å². The van der Waals surface area contributed by atoms with Gasteiger partial charge >= 0.3 is 0 Å². The molecule has 3 amide bonds. The zero-order chi connectivity index (χ0) is 16.4. The molecule has 0 radical (unpaired) electrons. The van der Waals surface area contributed by atoms with E-state index in [1.165, 1.54) is 18.2 Å². The highest BCUT2D eigenvalue weighted by molar-refractivity contribution is 6.34. The number of amides is 3. The number of benzene rings is 2. The second kappa shape index (κ2) is 5.73. The van der Waals surface area contributed by atoms with Crippen LogP contribution < -0.4 is 10.2 Å². The lowest BCUT2D eigenvalue weighted by Gasteiger charge is -2.13. The zero-order valence-corrected chi connectivity index (χ0v) is 11.9. The molecule has 0 aliphatic carbocycles. The van der Waals surface area contributed by atoms with Gasteiger partial charge in [0, 0.05) is 5.69 Å². The number of nitriles is 1. The molecule has 1 aliphatic rings. The van der Waals surface area contributed by atoms with Crippen molar-refractivity contribution in [2.45, 2.75) is 6.42 Å². The maximum atomic E-state index is 12.5. The van der Waals surface area contributed by atoms with Crippen LogP contribution in [0.4, 0.5) is 11.4 Å². The normalized spacial score (nSPS) is 12.7. The average Bonchev–Trinajstić information content (AvgIpc) is 2.79. The van der Waals surface area contributed by atoms with Gasteiger partial charge in [-0.05, 0) is 30.3 Å². The maximum Gasteiger partial charge on any atom is 0.266 e. The van der Waals surface area contributed by atoms with Crippen molar-refractivity contribution in [2.75, 3.05) is 10.2 Å². The van der Waals surface area contributed by atoms with Crippen molar-refractivity contribution in [3.63, 3.8) is 0 Å². The summed E-state index contributed by atoms with van der Waals surface area (Å²) in [5.74, 6) is -1.30. The standard InChI is InChI=1S/C17H11N3O3/c18-9-8-15(21)19-11-6-7-13-14(10-11)17(23)20(16(13)22)12-4-2-1-3-5-12/h1-7,10H,8H2,(H,19,21). The molecule has 1 aliphatic heterocycles. The number of imide groups is 1. The predicted octanol–water partition coefficient (Wildman–Crippen LogP) is 2.34. The van der Waals surface area contributed by atoms with Gasteiger partial charge in [-0.2, -0.15) is 5.26 Å². The number of anilines is 2. The summed E-state index contributed by atoms with van der Waals surface area (Å²) in [5, 5.41) is 11.0. The van der Waals surface area contributed by atoms with Crippen LogP contribution in [0.2, 0.25) is 0 Å². The number of nitrogens with one attached hydrogen (secondary N) is 1. The van der Waals surface area contributed by atoms with E-state index in [0.29, 0.717) is 11.4 Å². The van der Waals surface area contributed by atoms with E-state index in [9.17, 15) is 14.4 Å². The summed E-state index contributed by atoms with van der Waals surface area (Å²) in [6, 6.07) is 14.9. The number of hydrogen-bond donors (Lipinski definition) is 1. The highest BCUT2D eigenvalue weighted by Crippen LogP contribution is 2.30. The largest absolute Gasteiger partial charge is 0.325 e. The van der Waals surface area contributed by atoms with Gasteiger partial charge in [-0.15, -0.1) is 0 Å². The van der Waals surface area contributed by atoms with Crippen LogP contribution in [0, 0.1) is 11.3 Å². The van der Waals surface area contributed by atoms with E-state index < -0.39 is 17.7 Å². The first-order valence-corrected chi connectivity index (χ1v) is 6.86. The van der Waals surface area contributed by atoms with Crippen LogP contribution in [-0.2, 0) is 4.79 Å². The SMILES string of the molecule is N#CCC(=O)Nc1ccc2c(c1)C(=O)N(c1ccccc1)C2=O. The first-order valence-electron chi connectivity index (χ1n) is 6.86. The molecular weight excluding hydrogens is 294 g/mol. The van der Waals surface area contributed by atoms with Gasteiger partial charge in [0.25, 0.3) is 11.8 Å². The summed E-state index contributed by atoms with van der Waals surface area (Å²) in [6.07, 6.45) is -0.278. The summed E-state index contributed by atoms with van der Waals surface area (Å²) in [6.45, 7) is 0. The molecule has 0 bridgehead atoms. The fourth-order valence-electron chi connectivity index (χ4n) is 2.41. The molecule has 112 valence electrons. The molecule has 6 nitrogen and oxygen atoms in total. The molecule has 3 rings (SSSR count). The number of hydrogen-bond acceptors (Lipinski definition) is 4. The number of carbonyl (C=O) groups is 3. The third kappa shape index (κ3) is 2.56. The molecule has 2 aromatic rings. The van der Waals surface area contributed by atoms with Crippen LogP contribution in [0.1, 0.15) is 27.1 Å². The highest BCUT2D eigenvalue weighted by atomic mass is 16.2. The Morgan fingerprint density at radius 1 is 1.04 bits per heavy atom. The van der Waals surface area contributed by atoms with Gasteiger partial charge < -0.3 is 5.32 Å². The lowest BCUT2D eigenvalue weighted by molar-refractivity contribution is -0.115. The molecule has 0 unspecified atom stereocenters. The van der Waals surface area contributed by atoms with Gasteiger partial charge in [-0.1, -0.05) is 18.2 Å². The van der Waals surface area contributed by atoms with E-state index in [0.717, 1.165) is 4.90 Å². The molecule has 1 heterocycles. The lowest BCUT2D eigenvalue weighted by atomic mass is 10.1. The second-order valence-electron chi connectivity index (χ2n) is 4.92. The molecule has 2 aromatic carbocycles. The molecule has 0 spiro atoms. The fraction of sp³-hybridized carbons (Fsp3) is 0.0588. The number of nitrogens with zero attached hydrogens (tertiary/aromatic N) is 2. The van der Waals surface area contributed by atoms with Crippen molar-refractivity contribution < 1.29 is 14.4 Å². The number of rotatable bonds is 3. The summed E-state index contributed by atoms with van der Waals surface area (Å²) >= 11 is 0. The van der Waals surface area contributed by atoms with E-state index in [-0.39, 0.29) is 17.5 Å². The molecule has 0 atom stereocenters. The number of carbonyl (C=O) groups excluding carboxylic acids is 3. The maximum absolute atomic E-state index is 12.5. The van der Waals surface area contributed by atoms with Crippen molar-refractivity contribution in [1.82, 2.24) is 0 Å². The Labute approximate surface area is 131 Å². The summed E-state index contributed by atoms with van der Waals surface area (Å²) in [4.78, 5) is 37.5. The number of para-hydroxylation sites is 1. The van der Waals surface area contributed by atoms with Crippen LogP contribution in [0.5, 0.6) is 0 Å². The van der Waals surface area contributed by atoms with Crippen LogP contribution >= 0.6 is 0 Å². The minimum atomic E-state index is -0.468. The quantitative estimate of drug-likeness (QED) is 0.881. The molecule has 0 saturated carbocycles. The first kappa shape index (κ1) is 14.5. The van der Waals surface area contributed by atoms with Gasteiger partial charge in [0.05, 0.1) is 22.9 Å². The van der Waals surface area contributed by atoms with Crippen LogP contribution in [0.15, 0.2) is 48.5 Å². The fourth-order valence-corrected chi connectivity index (χ4v) is 2.41. The first-order chi connectivity index (χ1) is 11.1. The van der Waals surface area contributed by atoms with Crippen molar-refractivity contribution >= 4 is 29.1 Å². The van der Waals surface area contributed by atoms with Crippen molar-refractivity contribution in [1.29, 1.82) is 5.26 Å². The van der Waals surface area contributed by atoms with Gasteiger partial charge in [0.15, 0.2) is 0 Å². The van der Waals surface area contributed by atoms with Crippen molar-refractivity contribution in [2.24, 2.45) is 0 Å². The Morgan fingerprint density at radius 3 is 2.43 bits per heavy atom. The predicted molar refractivity (Wildman–Crippen MR) is 82.9 cm³/mol. The van der Waals surface area contributed by atoms with Crippen LogP contribution in [-0.4, -0.2) is 17.7 Å². The van der Waals surface area contributed by atoms with E-state index in [4.69, 9.17) is 5.26 Å². The molecule has 0 aromatic heterocycles. The summed E-state index contributed by atoms with van der Waals surface area (Å²) in [5.41, 5.74) is 1.39. The monoisotopic (exact) mass is 305 g/mol. The Bertz CT molecular complexity index is 853. The molecule has 1 N–H and O–H groups in total. The average molecular weight is 305 g/mol. The van der Waals surface area contributed by atoms with Crippen LogP contribution in [0.25, 0.3) is 0 Å². The minimum absolute atomic E-state index is 0.230. The van der Waals surface area contributed by atoms with Gasteiger partial charge in [-0.3, -0.25) is 14.4 Å². The minimum Gasteiger partial charge on any atom is -0.325 e. The van der Waals surface area contributed by atoms with E-state index in [2.05, 4.69) is 5.32 Å². The smallest absolute Gasteiger partial charge is 0.266 e. The van der Waals surface area contributed by atoms with Crippen molar-refractivity contribution in [3.05, 3.63) is 59.7 Å². The van der Waals surface area contributed by atoms with Crippen LogP contribution in [0.3, 0.4) is 0 Å². The molecule has 0 fully saturated rings. The van der Waals surface area contributed by atoms with Crippen molar-refractivity contribution in [3.8, 4) is 6.07 Å². The summed E-state index contributed by atoms with van der Waals surface area (Å²) < 4.78 is 0. The van der Waals surface area contributed by atoms with E-state index in [1.807, 2.05) is 0 Å². The Kier molecular flexibility index (Phi) is 3.61. The topological polar surface area (TPSA) is 90.3 Å². The highest BCUT2D eigenvalue weighted by Gasteiger charge is 2.36. The van der Waals surface area contributed by atoms with E-state index in [1.54, 1.807) is 36.4 Å². The molecular formula is C17H11N3O3. The lowest BCUT2D eigenvalue weighted by Crippen LogP contribution is -2.29. The summed E-state index contributed by atoms with van der Waals surface area (Å²) in [7, 11) is 0. The van der Waals surface area contributed by atoms with E-state index >= 15 is 0 Å². The molecule has 6 heteroatoms.